The zero-order valence-electron chi connectivity index (χ0n) is 32.1. The summed E-state index contributed by atoms with van der Waals surface area (Å²) in [6.07, 6.45) is 3.64. The summed E-state index contributed by atoms with van der Waals surface area (Å²) in [6, 6.07) is 50.0. The number of benzene rings is 4. The molecule has 6 heterocycles. The number of fused-ring (bicyclic) bond motifs is 4. The maximum Gasteiger partial charge on any atom is 2.00 e. The molecule has 0 amide bonds. The molecule has 0 saturated carbocycles. The van der Waals surface area contributed by atoms with Crippen LogP contribution in [-0.4, -0.2) is 44.2 Å². The molecule has 2 N–H and O–H groups in total. The van der Waals surface area contributed by atoms with E-state index in [4.69, 9.17) is 10.2 Å². The van der Waals surface area contributed by atoms with E-state index in [-0.39, 0.29) is 53.9 Å². The molecule has 0 fully saturated rings. The molecular formula is C46H40N8O2Pt2. The Morgan fingerprint density at radius 2 is 0.897 bits per heavy atom. The van der Waals surface area contributed by atoms with Crippen LogP contribution in [0.15, 0.2) is 146 Å². The van der Waals surface area contributed by atoms with Gasteiger partial charge in [0.05, 0.1) is 0 Å². The van der Waals surface area contributed by atoms with Crippen LogP contribution in [-0.2, 0) is 42.1 Å². The number of aryl methyl sites for hydroxylation is 2. The number of hydrogen-bond donors (Lipinski definition) is 2. The van der Waals surface area contributed by atoms with Gasteiger partial charge in [0.15, 0.2) is 0 Å². The van der Waals surface area contributed by atoms with Gasteiger partial charge in [0, 0.05) is 47.3 Å². The monoisotopic (exact) mass is 1130 g/mol. The molecule has 0 aliphatic carbocycles. The summed E-state index contributed by atoms with van der Waals surface area (Å²) in [5.74, 6) is 2.07. The predicted molar refractivity (Wildman–Crippen MR) is 225 cm³/mol. The van der Waals surface area contributed by atoms with Crippen LogP contribution in [0.4, 0.5) is 34.4 Å². The van der Waals surface area contributed by atoms with Crippen molar-refractivity contribution < 1.29 is 52.3 Å². The van der Waals surface area contributed by atoms with Crippen molar-refractivity contribution in [3.63, 3.8) is 0 Å². The topological polar surface area (TPSA) is 105 Å². The normalized spacial score (nSPS) is 12.1. The molecule has 0 unspecified atom stereocenters. The van der Waals surface area contributed by atoms with Crippen molar-refractivity contribution in [1.82, 2.24) is 19.9 Å². The van der Waals surface area contributed by atoms with Gasteiger partial charge in [-0.15, -0.1) is 57.2 Å². The summed E-state index contributed by atoms with van der Waals surface area (Å²) >= 11 is 0. The van der Waals surface area contributed by atoms with Crippen molar-refractivity contribution in [3.8, 4) is 11.8 Å². The fraction of sp³-hybridized carbons (Fsp3) is 0.0870. The Hall–Kier alpha value is -5.82. The van der Waals surface area contributed by atoms with Crippen molar-refractivity contribution in [2.75, 3.05) is 33.7 Å². The van der Waals surface area contributed by atoms with E-state index in [0.29, 0.717) is 0 Å². The Balaban J connectivity index is 0.000000158. The van der Waals surface area contributed by atoms with Crippen LogP contribution in [0.5, 0.6) is 11.8 Å². The van der Waals surface area contributed by atoms with Crippen LogP contribution in [0.2, 0.25) is 0 Å². The van der Waals surface area contributed by atoms with Gasteiger partial charge in [-0.1, -0.05) is 48.5 Å². The third-order valence-corrected chi connectivity index (χ3v) is 8.92. The molecule has 4 aromatic heterocycles. The Bertz CT molecular complexity index is 2380. The summed E-state index contributed by atoms with van der Waals surface area (Å²) in [4.78, 5) is 24.7. The van der Waals surface area contributed by atoms with Gasteiger partial charge >= 0.3 is 42.1 Å². The standard InChI is InChI=1S/2C17H13N3.2C6H7NO.2Pt/c2*1-19-12-20(17-16(19)7-4-10-18-17)15-9-8-13-5-2-3-6-14(13)11-15;2*1-5-3-2-4-6(8)7-5;;/h2*2-8,10-12H,1H3;2*2-4H,1H3,(H,7,8);;/q2*-2;;;2*+2. The first-order chi connectivity index (χ1) is 27.2. The second-order valence-electron chi connectivity index (χ2n) is 13.1. The molecule has 58 heavy (non-hydrogen) atoms. The summed E-state index contributed by atoms with van der Waals surface area (Å²) in [5, 5.41) is 22.2. The van der Waals surface area contributed by atoms with E-state index in [1.165, 1.54) is 21.5 Å². The van der Waals surface area contributed by atoms with E-state index < -0.39 is 0 Å². The van der Waals surface area contributed by atoms with Crippen LogP contribution < -0.4 is 19.6 Å². The molecule has 4 aromatic carbocycles. The molecule has 0 bridgehead atoms. The number of hydrogen-bond acceptors (Lipinski definition) is 10. The summed E-state index contributed by atoms with van der Waals surface area (Å²) in [5.41, 5.74) is 5.90. The van der Waals surface area contributed by atoms with Crippen LogP contribution in [0.3, 0.4) is 0 Å². The Kier molecular flexibility index (Phi) is 15.0. The molecule has 2 aliphatic rings. The van der Waals surface area contributed by atoms with Crippen LogP contribution in [0.1, 0.15) is 11.4 Å². The van der Waals surface area contributed by atoms with Gasteiger partial charge in [-0.2, -0.15) is 37.6 Å². The largest absolute Gasteiger partial charge is 2.00 e. The number of nitrogens with zero attached hydrogens (tertiary/aromatic N) is 8. The third-order valence-electron chi connectivity index (χ3n) is 8.92. The van der Waals surface area contributed by atoms with Gasteiger partial charge in [0.25, 0.3) is 0 Å². The molecule has 0 saturated heterocycles. The quantitative estimate of drug-likeness (QED) is 0.163. The number of rotatable bonds is 2. The maximum absolute atomic E-state index is 8.70. The molecule has 0 atom stereocenters. The molecule has 2 aliphatic heterocycles. The average Bonchev–Trinajstić information content (AvgIpc) is 3.74. The molecule has 0 spiro atoms. The summed E-state index contributed by atoms with van der Waals surface area (Å²) < 4.78 is 0. The fourth-order valence-corrected chi connectivity index (χ4v) is 6.20. The zero-order chi connectivity index (χ0) is 39.0. The minimum atomic E-state index is 0. The number of aromatic hydroxyl groups is 2. The first kappa shape index (κ1) is 43.3. The van der Waals surface area contributed by atoms with Crippen molar-refractivity contribution in [2.45, 2.75) is 13.8 Å². The number of aromatic nitrogens is 4. The predicted octanol–water partition coefficient (Wildman–Crippen LogP) is 9.67. The van der Waals surface area contributed by atoms with Crippen molar-refractivity contribution in [3.05, 3.63) is 183 Å². The smallest absolute Gasteiger partial charge is 0.502 e. The minimum absolute atomic E-state index is 0. The van der Waals surface area contributed by atoms with Crippen molar-refractivity contribution in [1.29, 1.82) is 0 Å². The molecule has 12 heteroatoms. The molecule has 296 valence electrons. The molecule has 10 nitrogen and oxygen atoms in total. The van der Waals surface area contributed by atoms with Crippen molar-refractivity contribution >= 4 is 55.9 Å². The van der Waals surface area contributed by atoms with E-state index >= 15 is 0 Å². The van der Waals surface area contributed by atoms with Crippen LogP contribution >= 0.6 is 0 Å². The van der Waals surface area contributed by atoms with E-state index in [1.807, 2.05) is 102 Å². The number of pyridine rings is 4. The summed E-state index contributed by atoms with van der Waals surface area (Å²) in [6.45, 7) is 7.75. The fourth-order valence-electron chi connectivity index (χ4n) is 6.20. The van der Waals surface area contributed by atoms with E-state index in [2.05, 4.69) is 112 Å². The first-order valence-corrected chi connectivity index (χ1v) is 17.9. The third kappa shape index (κ3) is 10.4. The van der Waals surface area contributed by atoms with Crippen LogP contribution in [0, 0.1) is 39.3 Å². The minimum Gasteiger partial charge on any atom is -0.502 e. The zero-order valence-corrected chi connectivity index (χ0v) is 36.7. The Morgan fingerprint density at radius 3 is 1.26 bits per heavy atom. The molecule has 10 rings (SSSR count). The van der Waals surface area contributed by atoms with Gasteiger partial charge in [0.2, 0.25) is 11.8 Å². The van der Waals surface area contributed by atoms with E-state index in [0.717, 1.165) is 45.8 Å². The molecule has 8 aromatic rings. The van der Waals surface area contributed by atoms with Crippen molar-refractivity contribution in [2.24, 2.45) is 0 Å². The van der Waals surface area contributed by atoms with Gasteiger partial charge in [0.1, 0.15) is 11.6 Å². The SMILES string of the molecule is CN1[CH-]N(c2[c-]cc3ccccc3c2)c2ncccc21.CN1[CH-]N(c2[c-]cc3ccccc3c2)c2ncccc21.Cc1cccc(O)n1.Cc1cccc(O)n1.[Pt+2].[Pt+2]. The Labute approximate surface area is 368 Å². The van der Waals surface area contributed by atoms with Gasteiger partial charge in [-0.3, -0.25) is 0 Å². The van der Waals surface area contributed by atoms with Gasteiger partial charge in [-0.05, 0) is 64.3 Å². The maximum atomic E-state index is 8.70. The van der Waals surface area contributed by atoms with Gasteiger partial charge < -0.3 is 29.8 Å². The number of anilines is 6. The summed E-state index contributed by atoms with van der Waals surface area (Å²) in [7, 11) is 4.06. The second-order valence-corrected chi connectivity index (χ2v) is 13.1. The molecular weight excluding hydrogens is 1090 g/mol. The van der Waals surface area contributed by atoms with Crippen LogP contribution in [0.25, 0.3) is 21.5 Å². The first-order valence-electron chi connectivity index (χ1n) is 17.9. The Morgan fingerprint density at radius 1 is 0.500 bits per heavy atom. The average molecular weight is 1130 g/mol. The molecule has 0 radical (unpaired) electrons. The van der Waals surface area contributed by atoms with E-state index in [9.17, 15) is 0 Å². The van der Waals surface area contributed by atoms with E-state index in [1.54, 1.807) is 24.3 Å². The second kappa shape index (κ2) is 20.0. The van der Waals surface area contributed by atoms with Gasteiger partial charge in [-0.25, -0.2) is 19.9 Å².